The molecule has 0 saturated heterocycles. The summed E-state index contributed by atoms with van der Waals surface area (Å²) in [7, 11) is 2.44. The van der Waals surface area contributed by atoms with Gasteiger partial charge in [-0.15, -0.1) is 0 Å². The first-order valence-corrected chi connectivity index (χ1v) is 17.8. The van der Waals surface area contributed by atoms with Crippen LogP contribution < -0.4 is 28.4 Å². The summed E-state index contributed by atoms with van der Waals surface area (Å²) < 4.78 is 41.6. The van der Waals surface area contributed by atoms with E-state index in [1.807, 2.05) is 49.4 Å². The van der Waals surface area contributed by atoms with Crippen LogP contribution in [0.15, 0.2) is 54.6 Å². The highest BCUT2D eigenvalue weighted by atomic mass is 28.4. The van der Waals surface area contributed by atoms with Crippen LogP contribution in [0.1, 0.15) is 62.2 Å². The lowest BCUT2D eigenvalue weighted by Crippen LogP contribution is -2.43. The number of ether oxygens (including phenoxy) is 6. The van der Waals surface area contributed by atoms with Crippen molar-refractivity contribution in [2.45, 2.75) is 65.5 Å². The molecule has 0 spiro atoms. The van der Waals surface area contributed by atoms with Crippen molar-refractivity contribution < 1.29 is 37.6 Å². The second-order valence-corrected chi connectivity index (χ2v) is 17.5. The zero-order chi connectivity index (χ0) is 32.2. The average molecular weight is 623 g/mol. The molecule has 44 heavy (non-hydrogen) atoms. The average Bonchev–Trinajstić information content (AvgIpc) is 3.49. The van der Waals surface area contributed by atoms with Crippen LogP contribution in [0.5, 0.6) is 34.5 Å². The fourth-order valence-electron chi connectivity index (χ4n) is 4.95. The molecule has 238 valence electrons. The fourth-order valence-corrected chi connectivity index (χ4v) is 6.28. The predicted molar refractivity (Wildman–Crippen MR) is 173 cm³/mol. The molecule has 0 unspecified atom stereocenters. The first kappa shape index (κ1) is 33.2. The molecule has 8 nitrogen and oxygen atoms in total. The summed E-state index contributed by atoms with van der Waals surface area (Å²) in [6, 6.07) is 17.2. The second kappa shape index (κ2) is 13.5. The van der Waals surface area contributed by atoms with E-state index in [9.17, 15) is 4.79 Å². The normalized spacial score (nSPS) is 14.9. The maximum Gasteiger partial charge on any atom is 0.231 e. The predicted octanol–water partition coefficient (Wildman–Crippen LogP) is 8.24. The molecule has 1 aliphatic rings. The van der Waals surface area contributed by atoms with Gasteiger partial charge in [0.25, 0.3) is 0 Å². The van der Waals surface area contributed by atoms with Gasteiger partial charge in [0.15, 0.2) is 37.1 Å². The third kappa shape index (κ3) is 6.99. The number of fused-ring (bicyclic) bond motifs is 1. The number of Topliss-reactive ketones (excluding diaryl/α,β-unsaturated/α-hetero) is 1. The van der Waals surface area contributed by atoms with Crippen LogP contribution in [0.4, 0.5) is 0 Å². The molecule has 4 rings (SSSR count). The third-order valence-corrected chi connectivity index (χ3v) is 13.3. The second-order valence-electron chi connectivity index (χ2n) is 12.8. The lowest BCUT2D eigenvalue weighted by atomic mass is 9.82. The maximum atomic E-state index is 14.2. The van der Waals surface area contributed by atoms with E-state index in [0.29, 0.717) is 46.7 Å². The molecule has 0 amide bonds. The minimum Gasteiger partial charge on any atom is -0.493 e. The maximum absolute atomic E-state index is 14.2. The molecular formula is C35H46O8Si. The van der Waals surface area contributed by atoms with E-state index in [1.54, 1.807) is 33.5 Å². The van der Waals surface area contributed by atoms with Gasteiger partial charge in [-0.1, -0.05) is 65.0 Å². The molecule has 0 saturated carbocycles. The van der Waals surface area contributed by atoms with E-state index in [-0.39, 0.29) is 23.5 Å². The Bertz CT molecular complexity index is 1420. The van der Waals surface area contributed by atoms with Crippen molar-refractivity contribution in [3.63, 3.8) is 0 Å². The van der Waals surface area contributed by atoms with E-state index in [2.05, 4.69) is 40.8 Å². The highest BCUT2D eigenvalue weighted by Gasteiger charge is 2.43. The van der Waals surface area contributed by atoms with Gasteiger partial charge in [0, 0.05) is 11.5 Å². The summed E-state index contributed by atoms with van der Waals surface area (Å²) in [6.07, 6.45) is -0.407. The quantitative estimate of drug-likeness (QED) is 0.139. The number of methoxy groups -OCH3 is 3. The first-order chi connectivity index (χ1) is 20.8. The Hall–Kier alpha value is -3.69. The van der Waals surface area contributed by atoms with Gasteiger partial charge >= 0.3 is 0 Å². The van der Waals surface area contributed by atoms with E-state index in [0.717, 1.165) is 11.1 Å². The fraction of sp³-hybridized carbons (Fsp3) is 0.457. The van der Waals surface area contributed by atoms with Gasteiger partial charge in [-0.25, -0.2) is 0 Å². The topological polar surface area (TPSA) is 81.7 Å². The smallest absolute Gasteiger partial charge is 0.231 e. The summed E-state index contributed by atoms with van der Waals surface area (Å²) in [5.41, 5.74) is 2.36. The van der Waals surface area contributed by atoms with Crippen LogP contribution >= 0.6 is 0 Å². The molecule has 0 aromatic heterocycles. The Labute approximate surface area is 262 Å². The Morgan fingerprint density at radius 1 is 0.886 bits per heavy atom. The van der Waals surface area contributed by atoms with Gasteiger partial charge in [-0.05, 0) is 59.4 Å². The van der Waals surface area contributed by atoms with Gasteiger partial charge in [0.05, 0.1) is 27.4 Å². The summed E-state index contributed by atoms with van der Waals surface area (Å²) in [5.74, 6) is 2.37. The Kier molecular flexibility index (Phi) is 10.2. The van der Waals surface area contributed by atoms with Crippen LogP contribution in [0.25, 0.3) is 0 Å². The van der Waals surface area contributed by atoms with Crippen molar-refractivity contribution in [2.24, 2.45) is 11.8 Å². The van der Waals surface area contributed by atoms with Gasteiger partial charge in [-0.2, -0.15) is 0 Å². The number of hydrogen-bond donors (Lipinski definition) is 0. The third-order valence-electron chi connectivity index (χ3n) is 8.89. The van der Waals surface area contributed by atoms with Gasteiger partial charge in [0.1, 0.15) is 6.61 Å². The highest BCUT2D eigenvalue weighted by molar-refractivity contribution is 6.74. The zero-order valence-electron chi connectivity index (χ0n) is 27.6. The lowest BCUT2D eigenvalue weighted by molar-refractivity contribution is 0.0693. The number of rotatable bonds is 13. The molecule has 1 aliphatic heterocycles. The Morgan fingerprint density at radius 3 is 2.07 bits per heavy atom. The van der Waals surface area contributed by atoms with Crippen LogP contribution in [0.3, 0.4) is 0 Å². The zero-order valence-corrected chi connectivity index (χ0v) is 28.6. The molecule has 9 heteroatoms. The van der Waals surface area contributed by atoms with Crippen molar-refractivity contribution in [1.82, 2.24) is 0 Å². The molecule has 1 heterocycles. The largest absolute Gasteiger partial charge is 0.493 e. The SMILES string of the molecule is COc1cc(C(=O)[C@@H](C)[C@H](C)[C@@H](O[Si](C)(C)C(C)(C)C)c2cc(OC)c3c(c2)OCO3)cc(OC)c1OCc1ccccc1. The standard InChI is InChI=1S/C35H46O8Si/c1-22(31(36)25-16-27(37-6)33(28(17-25)38-7)40-20-24-14-12-11-13-15-24)23(2)32(43-44(9,10)35(3,4)5)26-18-29(39-8)34-30(19-26)41-21-42-34/h11-19,22-23,32H,20-21H2,1-10H3/t22-,23-,32+/m0/s1. The number of benzene rings is 3. The Balaban J connectivity index is 1.68. The van der Waals surface area contributed by atoms with Crippen molar-refractivity contribution in [1.29, 1.82) is 0 Å². The van der Waals surface area contributed by atoms with Crippen LogP contribution in [-0.2, 0) is 11.0 Å². The molecule has 0 bridgehead atoms. The molecule has 3 aromatic rings. The molecule has 0 N–H and O–H groups in total. The van der Waals surface area contributed by atoms with Gasteiger partial charge < -0.3 is 32.8 Å². The number of carbonyl (C=O) groups is 1. The lowest BCUT2D eigenvalue weighted by Gasteiger charge is -2.42. The summed E-state index contributed by atoms with van der Waals surface area (Å²) in [4.78, 5) is 14.2. The summed E-state index contributed by atoms with van der Waals surface area (Å²) in [6.45, 7) is 15.5. The van der Waals surface area contributed by atoms with E-state index in [4.69, 9.17) is 32.8 Å². The summed E-state index contributed by atoms with van der Waals surface area (Å²) >= 11 is 0. The molecule has 0 fully saturated rings. The van der Waals surface area contributed by atoms with Crippen molar-refractivity contribution >= 4 is 14.1 Å². The van der Waals surface area contributed by atoms with Crippen molar-refractivity contribution in [3.8, 4) is 34.5 Å². The molecule has 3 atom stereocenters. The molecule has 0 radical (unpaired) electrons. The summed E-state index contributed by atoms with van der Waals surface area (Å²) in [5, 5.41) is -0.0467. The molecular weight excluding hydrogens is 576 g/mol. The number of hydrogen-bond acceptors (Lipinski definition) is 8. The van der Waals surface area contributed by atoms with Gasteiger partial charge in [-0.3, -0.25) is 4.79 Å². The molecule has 0 aliphatic carbocycles. The van der Waals surface area contributed by atoms with E-state index < -0.39 is 20.3 Å². The van der Waals surface area contributed by atoms with E-state index >= 15 is 0 Å². The van der Waals surface area contributed by atoms with E-state index in [1.165, 1.54) is 0 Å². The minimum absolute atomic E-state index is 0.0467. The van der Waals surface area contributed by atoms with Crippen molar-refractivity contribution in [2.75, 3.05) is 28.1 Å². The number of ketones is 1. The number of carbonyl (C=O) groups excluding carboxylic acids is 1. The van der Waals surface area contributed by atoms with Crippen LogP contribution in [0, 0.1) is 11.8 Å². The van der Waals surface area contributed by atoms with Gasteiger partial charge in [0.2, 0.25) is 18.3 Å². The van der Waals surface area contributed by atoms with Crippen LogP contribution in [0.2, 0.25) is 18.1 Å². The Morgan fingerprint density at radius 2 is 1.50 bits per heavy atom. The first-order valence-electron chi connectivity index (χ1n) is 14.9. The van der Waals surface area contributed by atoms with Crippen LogP contribution in [-0.4, -0.2) is 42.2 Å². The minimum atomic E-state index is -2.28. The monoisotopic (exact) mass is 622 g/mol. The highest BCUT2D eigenvalue weighted by Crippen LogP contribution is 2.48. The van der Waals surface area contributed by atoms with Crippen molar-refractivity contribution in [3.05, 3.63) is 71.3 Å². The molecule has 3 aromatic carbocycles.